The van der Waals surface area contributed by atoms with Gasteiger partial charge in [-0.1, -0.05) is 18.6 Å². The number of ether oxygens (including phenoxy) is 2. The lowest BCUT2D eigenvalue weighted by Gasteiger charge is -2.19. The first-order valence-electron chi connectivity index (χ1n) is 9.72. The van der Waals surface area contributed by atoms with E-state index in [9.17, 15) is 19.5 Å². The molecule has 0 unspecified atom stereocenters. The standard InChI is InChI=1S/C21H32N2O6/c1-21(2,3)29-20(27)22-13-7-5-6-8-18(24)23-17(19(25)26)14-15-9-11-16(28-4)12-10-15/h9-12,17H,5-8,13-14H2,1-4H3,(H,22,27)(H,23,24)(H,25,26)/t17-/m0/s1. The number of benzene rings is 1. The Hall–Kier alpha value is -2.77. The van der Waals surface area contributed by atoms with Crippen molar-refractivity contribution in [2.24, 2.45) is 0 Å². The zero-order chi connectivity index (χ0) is 21.9. The minimum absolute atomic E-state index is 0.199. The van der Waals surface area contributed by atoms with E-state index in [2.05, 4.69) is 10.6 Å². The molecule has 0 bridgehead atoms. The molecule has 1 aromatic rings. The van der Waals surface area contributed by atoms with Crippen molar-refractivity contribution < 1.29 is 29.0 Å². The monoisotopic (exact) mass is 408 g/mol. The maximum Gasteiger partial charge on any atom is 0.407 e. The summed E-state index contributed by atoms with van der Waals surface area (Å²) in [6.07, 6.45) is 2.03. The van der Waals surface area contributed by atoms with Gasteiger partial charge in [0.15, 0.2) is 0 Å². The van der Waals surface area contributed by atoms with E-state index in [4.69, 9.17) is 9.47 Å². The van der Waals surface area contributed by atoms with E-state index in [0.717, 1.165) is 12.0 Å². The lowest BCUT2D eigenvalue weighted by molar-refractivity contribution is -0.141. The number of hydrogen-bond acceptors (Lipinski definition) is 5. The first-order valence-corrected chi connectivity index (χ1v) is 9.72. The number of methoxy groups -OCH3 is 1. The summed E-state index contributed by atoms with van der Waals surface area (Å²) in [4.78, 5) is 35.0. The molecule has 0 aromatic heterocycles. The van der Waals surface area contributed by atoms with Gasteiger partial charge < -0.3 is 25.2 Å². The van der Waals surface area contributed by atoms with Crippen LogP contribution in [0.1, 0.15) is 52.0 Å². The quantitative estimate of drug-likeness (QED) is 0.485. The molecule has 1 rings (SSSR count). The van der Waals surface area contributed by atoms with Crippen LogP contribution in [0.3, 0.4) is 0 Å². The molecule has 3 N–H and O–H groups in total. The molecule has 8 nitrogen and oxygen atoms in total. The molecular weight excluding hydrogens is 376 g/mol. The van der Waals surface area contributed by atoms with E-state index in [1.54, 1.807) is 52.1 Å². The maximum atomic E-state index is 12.1. The third-order valence-corrected chi connectivity index (χ3v) is 3.98. The maximum absolute atomic E-state index is 12.1. The molecule has 0 heterocycles. The van der Waals surface area contributed by atoms with Gasteiger partial charge in [0.1, 0.15) is 17.4 Å². The summed E-state index contributed by atoms with van der Waals surface area (Å²) in [6.45, 7) is 5.85. The molecule has 0 radical (unpaired) electrons. The van der Waals surface area contributed by atoms with E-state index in [-0.39, 0.29) is 18.7 Å². The highest BCUT2D eigenvalue weighted by atomic mass is 16.6. The molecule has 1 aromatic carbocycles. The highest BCUT2D eigenvalue weighted by Gasteiger charge is 2.20. The molecule has 0 saturated heterocycles. The summed E-state index contributed by atoms with van der Waals surface area (Å²) in [7, 11) is 1.56. The summed E-state index contributed by atoms with van der Waals surface area (Å²) in [5.41, 5.74) is 0.265. The summed E-state index contributed by atoms with van der Waals surface area (Å²) in [5, 5.41) is 14.6. The summed E-state index contributed by atoms with van der Waals surface area (Å²) < 4.78 is 10.2. The van der Waals surface area contributed by atoms with Gasteiger partial charge in [0.2, 0.25) is 5.91 Å². The van der Waals surface area contributed by atoms with Crippen molar-refractivity contribution in [2.75, 3.05) is 13.7 Å². The number of nitrogens with one attached hydrogen (secondary N) is 2. The van der Waals surface area contributed by atoms with Crippen LogP contribution in [0.25, 0.3) is 0 Å². The number of carboxylic acids is 1. The minimum atomic E-state index is -1.07. The molecule has 2 amide bonds. The zero-order valence-electron chi connectivity index (χ0n) is 17.6. The molecule has 0 fully saturated rings. The van der Waals surface area contributed by atoms with Gasteiger partial charge in [-0.15, -0.1) is 0 Å². The zero-order valence-corrected chi connectivity index (χ0v) is 17.6. The lowest BCUT2D eigenvalue weighted by atomic mass is 10.1. The van der Waals surface area contributed by atoms with E-state index in [1.807, 2.05) is 0 Å². The number of carbonyl (C=O) groups is 3. The van der Waals surface area contributed by atoms with Crippen molar-refractivity contribution >= 4 is 18.0 Å². The Kier molecular flexibility index (Phi) is 9.99. The number of rotatable bonds is 11. The van der Waals surface area contributed by atoms with Crippen molar-refractivity contribution in [1.29, 1.82) is 0 Å². The first kappa shape index (κ1) is 24.3. The summed E-state index contributed by atoms with van der Waals surface area (Å²) >= 11 is 0. The SMILES string of the molecule is COc1ccc(C[C@H](NC(=O)CCCCCNC(=O)OC(C)(C)C)C(=O)O)cc1. The van der Waals surface area contributed by atoms with E-state index in [0.29, 0.717) is 25.1 Å². The lowest BCUT2D eigenvalue weighted by Crippen LogP contribution is -2.42. The highest BCUT2D eigenvalue weighted by molar-refractivity contribution is 5.83. The Morgan fingerprint density at radius 1 is 1.07 bits per heavy atom. The number of alkyl carbamates (subject to hydrolysis) is 1. The molecule has 0 aliphatic carbocycles. The molecule has 0 spiro atoms. The second-order valence-corrected chi connectivity index (χ2v) is 7.75. The Balaban J connectivity index is 2.28. The molecule has 0 saturated carbocycles. The molecule has 0 aliphatic heterocycles. The summed E-state index contributed by atoms with van der Waals surface area (Å²) in [6, 6.07) is 6.07. The predicted octanol–water partition coefficient (Wildman–Crippen LogP) is 2.89. The smallest absolute Gasteiger partial charge is 0.407 e. The Labute approximate surface area is 172 Å². The van der Waals surface area contributed by atoms with Crippen LogP contribution in [-0.4, -0.2) is 48.4 Å². The number of amides is 2. The van der Waals surface area contributed by atoms with Gasteiger partial charge in [0.25, 0.3) is 0 Å². The van der Waals surface area contributed by atoms with E-state index in [1.165, 1.54) is 0 Å². The van der Waals surface area contributed by atoms with E-state index < -0.39 is 23.7 Å². The molecule has 29 heavy (non-hydrogen) atoms. The van der Waals surface area contributed by atoms with Crippen LogP contribution in [0, 0.1) is 0 Å². The fraction of sp³-hybridized carbons (Fsp3) is 0.571. The largest absolute Gasteiger partial charge is 0.497 e. The average molecular weight is 408 g/mol. The molecular formula is C21H32N2O6. The molecule has 0 aliphatic rings. The predicted molar refractivity (Wildman–Crippen MR) is 109 cm³/mol. The Morgan fingerprint density at radius 2 is 1.72 bits per heavy atom. The van der Waals surface area contributed by atoms with Crippen molar-refractivity contribution in [2.45, 2.75) is 64.5 Å². The number of hydrogen-bond donors (Lipinski definition) is 3. The molecule has 8 heteroatoms. The fourth-order valence-corrected chi connectivity index (χ4v) is 2.56. The number of carboxylic acid groups (broad SMARTS) is 1. The highest BCUT2D eigenvalue weighted by Crippen LogP contribution is 2.13. The molecule has 1 atom stereocenters. The van der Waals surface area contributed by atoms with Crippen LogP contribution in [0.15, 0.2) is 24.3 Å². The number of carbonyl (C=O) groups excluding carboxylic acids is 2. The van der Waals surface area contributed by atoms with Crippen LogP contribution in [0.2, 0.25) is 0 Å². The second kappa shape index (κ2) is 11.9. The average Bonchev–Trinajstić information content (AvgIpc) is 2.63. The normalized spacial score (nSPS) is 12.0. The van der Waals surface area contributed by atoms with Crippen LogP contribution < -0.4 is 15.4 Å². The van der Waals surface area contributed by atoms with Crippen LogP contribution >= 0.6 is 0 Å². The van der Waals surface area contributed by atoms with Gasteiger partial charge in [-0.05, 0) is 51.3 Å². The van der Waals surface area contributed by atoms with Crippen molar-refractivity contribution in [3.63, 3.8) is 0 Å². The Bertz CT molecular complexity index is 667. The van der Waals surface area contributed by atoms with Gasteiger partial charge in [-0.3, -0.25) is 4.79 Å². The second-order valence-electron chi connectivity index (χ2n) is 7.75. The van der Waals surface area contributed by atoms with Crippen molar-refractivity contribution in [3.05, 3.63) is 29.8 Å². The van der Waals surface area contributed by atoms with Crippen LogP contribution in [0.5, 0.6) is 5.75 Å². The van der Waals surface area contributed by atoms with Gasteiger partial charge >= 0.3 is 12.1 Å². The van der Waals surface area contributed by atoms with Gasteiger partial charge in [0.05, 0.1) is 7.11 Å². The molecule has 162 valence electrons. The fourth-order valence-electron chi connectivity index (χ4n) is 2.56. The third kappa shape index (κ3) is 11.0. The third-order valence-electron chi connectivity index (χ3n) is 3.98. The van der Waals surface area contributed by atoms with E-state index >= 15 is 0 Å². The number of unbranched alkanes of at least 4 members (excludes halogenated alkanes) is 2. The van der Waals surface area contributed by atoms with Crippen molar-refractivity contribution in [1.82, 2.24) is 10.6 Å². The first-order chi connectivity index (χ1) is 13.6. The van der Waals surface area contributed by atoms with Gasteiger partial charge in [-0.25, -0.2) is 9.59 Å². The van der Waals surface area contributed by atoms with Gasteiger partial charge in [0, 0.05) is 19.4 Å². The van der Waals surface area contributed by atoms with Gasteiger partial charge in [-0.2, -0.15) is 0 Å². The minimum Gasteiger partial charge on any atom is -0.497 e. The van der Waals surface area contributed by atoms with Crippen LogP contribution in [0.4, 0.5) is 4.79 Å². The number of aliphatic carboxylic acids is 1. The van der Waals surface area contributed by atoms with Crippen molar-refractivity contribution in [3.8, 4) is 5.75 Å². The van der Waals surface area contributed by atoms with Crippen LogP contribution in [-0.2, 0) is 20.7 Å². The summed E-state index contributed by atoms with van der Waals surface area (Å²) in [5.74, 6) is -0.687. The topological polar surface area (TPSA) is 114 Å². The Morgan fingerprint density at radius 3 is 2.28 bits per heavy atom.